The number of alkyl carbamates (subject to hydrolysis) is 1. The van der Waals surface area contributed by atoms with Crippen LogP contribution in [0.1, 0.15) is 58.6 Å². The molecule has 1 aliphatic rings. The van der Waals surface area contributed by atoms with Crippen LogP contribution in [0.2, 0.25) is 0 Å². The fourth-order valence-corrected chi connectivity index (χ4v) is 7.99. The zero-order valence-corrected chi connectivity index (χ0v) is 31.7. The van der Waals surface area contributed by atoms with Gasteiger partial charge >= 0.3 is 12.1 Å². The highest BCUT2D eigenvalue weighted by atomic mass is 16.5. The summed E-state index contributed by atoms with van der Waals surface area (Å²) in [6.07, 6.45) is 0.806. The second-order valence-corrected chi connectivity index (χ2v) is 14.4. The van der Waals surface area contributed by atoms with Crippen LogP contribution in [0.25, 0.3) is 11.1 Å². The summed E-state index contributed by atoms with van der Waals surface area (Å²) in [4.78, 5) is 39.7. The van der Waals surface area contributed by atoms with E-state index in [0.717, 1.165) is 44.5 Å². The molecule has 0 saturated heterocycles. The molecule has 288 valence electrons. The zero-order valence-electron chi connectivity index (χ0n) is 31.7. The molecular weight excluding hydrogens is 711 g/mol. The Hall–Kier alpha value is -6.51. The van der Waals surface area contributed by atoms with Crippen molar-refractivity contribution < 1.29 is 24.2 Å². The van der Waals surface area contributed by atoms with Gasteiger partial charge in [-0.2, -0.15) is 0 Å². The van der Waals surface area contributed by atoms with Crippen LogP contribution in [-0.2, 0) is 26.3 Å². The Morgan fingerprint density at radius 2 is 1.05 bits per heavy atom. The van der Waals surface area contributed by atoms with Crippen LogP contribution in [0.5, 0.6) is 0 Å². The zero-order chi connectivity index (χ0) is 39.5. The Morgan fingerprint density at radius 1 is 0.579 bits per heavy atom. The van der Waals surface area contributed by atoms with E-state index in [1.807, 2.05) is 121 Å². The van der Waals surface area contributed by atoms with Crippen LogP contribution >= 0.6 is 0 Å². The molecule has 0 spiro atoms. The van der Waals surface area contributed by atoms with Crippen molar-refractivity contribution in [1.29, 1.82) is 0 Å². The molecule has 0 fully saturated rings. The standard InChI is InChI=1S/C49H47N3O5/c53-46(45(33-35-19-5-1-6-20-35)52-48(56)57-34-43-41-29-15-13-27-39(41)40-28-14-16-30-42(40)43)51-44(47(54)55)31-17-18-32-50-49(36-21-7-2-8-22-36,37-23-9-3-10-24-37)38-25-11-4-12-26-38/h1-16,19-30,43-45,50H,17-18,31-34H2,(H,51,53)(H,52,56)(H,54,55)/t44-,45-/m0/s1. The van der Waals surface area contributed by atoms with Crippen molar-refractivity contribution in [2.45, 2.75) is 49.2 Å². The Bertz CT molecular complexity index is 2110. The quantitative estimate of drug-likeness (QED) is 0.0548. The predicted octanol–water partition coefficient (Wildman–Crippen LogP) is 8.46. The van der Waals surface area contributed by atoms with Crippen LogP contribution in [0.4, 0.5) is 4.79 Å². The van der Waals surface area contributed by atoms with Gasteiger partial charge in [0, 0.05) is 12.3 Å². The lowest BCUT2D eigenvalue weighted by molar-refractivity contribution is -0.142. The monoisotopic (exact) mass is 757 g/mol. The highest BCUT2D eigenvalue weighted by Gasteiger charge is 2.36. The molecule has 0 bridgehead atoms. The van der Waals surface area contributed by atoms with Gasteiger partial charge in [-0.1, -0.05) is 170 Å². The fourth-order valence-electron chi connectivity index (χ4n) is 7.99. The van der Waals surface area contributed by atoms with Crippen LogP contribution in [0.15, 0.2) is 170 Å². The highest BCUT2D eigenvalue weighted by Crippen LogP contribution is 2.44. The molecule has 0 heterocycles. The lowest BCUT2D eigenvalue weighted by atomic mass is 9.77. The number of carbonyl (C=O) groups is 3. The maximum atomic E-state index is 13.8. The molecule has 8 nitrogen and oxygen atoms in total. The van der Waals surface area contributed by atoms with E-state index >= 15 is 0 Å². The average Bonchev–Trinajstić information content (AvgIpc) is 3.58. The van der Waals surface area contributed by atoms with Gasteiger partial charge in [-0.05, 0) is 70.3 Å². The number of carboxylic acids is 1. The van der Waals surface area contributed by atoms with E-state index in [9.17, 15) is 19.5 Å². The van der Waals surface area contributed by atoms with Gasteiger partial charge in [0.25, 0.3) is 0 Å². The molecule has 6 aromatic rings. The van der Waals surface area contributed by atoms with E-state index in [2.05, 4.69) is 64.5 Å². The van der Waals surface area contributed by atoms with Gasteiger partial charge in [-0.3, -0.25) is 10.1 Å². The first-order chi connectivity index (χ1) is 27.9. The van der Waals surface area contributed by atoms with Gasteiger partial charge in [0.15, 0.2) is 0 Å². The van der Waals surface area contributed by atoms with Gasteiger partial charge in [0.2, 0.25) is 5.91 Å². The molecule has 0 unspecified atom stereocenters. The van der Waals surface area contributed by atoms with Crippen LogP contribution < -0.4 is 16.0 Å². The van der Waals surface area contributed by atoms with Crippen molar-refractivity contribution in [3.05, 3.63) is 203 Å². The van der Waals surface area contributed by atoms with Gasteiger partial charge in [-0.25, -0.2) is 9.59 Å². The van der Waals surface area contributed by atoms with E-state index in [1.54, 1.807) is 0 Å². The number of nitrogens with one attached hydrogen (secondary N) is 3. The molecule has 57 heavy (non-hydrogen) atoms. The summed E-state index contributed by atoms with van der Waals surface area (Å²) in [6, 6.07) is 54.2. The molecular formula is C49H47N3O5. The molecule has 0 radical (unpaired) electrons. The van der Waals surface area contributed by atoms with E-state index < -0.39 is 35.6 Å². The minimum Gasteiger partial charge on any atom is -0.480 e. The summed E-state index contributed by atoms with van der Waals surface area (Å²) in [5.41, 5.74) is 7.83. The topological polar surface area (TPSA) is 117 Å². The third kappa shape index (κ3) is 8.98. The van der Waals surface area contributed by atoms with Gasteiger partial charge < -0.3 is 20.5 Å². The van der Waals surface area contributed by atoms with Crippen LogP contribution in [-0.4, -0.2) is 48.3 Å². The lowest BCUT2D eigenvalue weighted by Gasteiger charge is -2.37. The third-order valence-corrected chi connectivity index (χ3v) is 10.8. The molecule has 6 aromatic carbocycles. The molecule has 2 atom stereocenters. The molecule has 0 saturated carbocycles. The van der Waals surface area contributed by atoms with Crippen molar-refractivity contribution in [3.63, 3.8) is 0 Å². The molecule has 1 aliphatic carbocycles. The minimum absolute atomic E-state index is 0.0887. The second-order valence-electron chi connectivity index (χ2n) is 14.4. The van der Waals surface area contributed by atoms with Gasteiger partial charge in [0.05, 0.1) is 5.54 Å². The normalized spacial score (nSPS) is 13.1. The number of aliphatic carboxylic acids is 1. The summed E-state index contributed by atoms with van der Waals surface area (Å²) < 4.78 is 5.77. The van der Waals surface area contributed by atoms with Gasteiger partial charge in [-0.15, -0.1) is 0 Å². The minimum atomic E-state index is -1.15. The smallest absolute Gasteiger partial charge is 0.407 e. The fraction of sp³-hybridized carbons (Fsp3) is 0.204. The molecule has 8 heteroatoms. The number of benzene rings is 6. The largest absolute Gasteiger partial charge is 0.480 e. The third-order valence-electron chi connectivity index (χ3n) is 10.8. The summed E-state index contributed by atoms with van der Waals surface area (Å²) in [5.74, 6) is -1.87. The van der Waals surface area contributed by atoms with Crippen molar-refractivity contribution >= 4 is 18.0 Å². The SMILES string of the molecule is O=C(N[C@@H](Cc1ccccc1)C(=O)N[C@@H](CCCCNC(c1ccccc1)(c1ccccc1)c1ccccc1)C(=O)O)OCC1c2ccccc2-c2ccccc21. The molecule has 2 amide bonds. The van der Waals surface area contributed by atoms with Crippen molar-refractivity contribution in [2.75, 3.05) is 13.2 Å². The number of rotatable bonds is 17. The predicted molar refractivity (Wildman–Crippen MR) is 223 cm³/mol. The Morgan fingerprint density at radius 3 is 1.56 bits per heavy atom. The number of amides is 2. The number of unbranched alkanes of at least 4 members (excludes halogenated alkanes) is 1. The summed E-state index contributed by atoms with van der Waals surface area (Å²) in [6.45, 7) is 0.671. The Balaban J connectivity index is 1.000. The van der Waals surface area contributed by atoms with Crippen molar-refractivity contribution in [3.8, 4) is 11.1 Å². The molecule has 0 aliphatic heterocycles. The summed E-state index contributed by atoms with van der Waals surface area (Å²) in [5, 5.41) is 19.5. The van der Waals surface area contributed by atoms with Crippen LogP contribution in [0.3, 0.4) is 0 Å². The molecule has 7 rings (SSSR count). The number of ether oxygens (including phenoxy) is 1. The number of fused-ring (bicyclic) bond motifs is 3. The summed E-state index contributed by atoms with van der Waals surface area (Å²) >= 11 is 0. The van der Waals surface area contributed by atoms with Crippen molar-refractivity contribution in [1.82, 2.24) is 16.0 Å². The first kappa shape index (κ1) is 38.8. The Kier molecular flexibility index (Phi) is 12.5. The average molecular weight is 758 g/mol. The van der Waals surface area contributed by atoms with Crippen molar-refractivity contribution in [2.24, 2.45) is 0 Å². The Labute approximate surface area is 333 Å². The number of carboxylic acid groups (broad SMARTS) is 1. The first-order valence-corrected chi connectivity index (χ1v) is 19.5. The van der Waals surface area contributed by atoms with E-state index in [-0.39, 0.29) is 25.4 Å². The highest BCUT2D eigenvalue weighted by molar-refractivity contribution is 5.89. The number of hydrogen-bond acceptors (Lipinski definition) is 5. The second kappa shape index (κ2) is 18.4. The summed E-state index contributed by atoms with van der Waals surface area (Å²) in [7, 11) is 0. The van der Waals surface area contributed by atoms with E-state index in [0.29, 0.717) is 19.4 Å². The van der Waals surface area contributed by atoms with Crippen LogP contribution in [0, 0.1) is 0 Å². The maximum absolute atomic E-state index is 13.8. The first-order valence-electron chi connectivity index (χ1n) is 19.5. The van der Waals surface area contributed by atoms with E-state index in [4.69, 9.17) is 4.74 Å². The maximum Gasteiger partial charge on any atom is 0.407 e. The number of hydrogen-bond donors (Lipinski definition) is 4. The molecule has 4 N–H and O–H groups in total. The molecule has 0 aromatic heterocycles. The lowest BCUT2D eigenvalue weighted by Crippen LogP contribution is -2.52. The van der Waals surface area contributed by atoms with Gasteiger partial charge in [0.1, 0.15) is 18.7 Å². The number of carbonyl (C=O) groups excluding carboxylic acids is 2. The van der Waals surface area contributed by atoms with E-state index in [1.165, 1.54) is 0 Å².